The van der Waals surface area contributed by atoms with Gasteiger partial charge in [0.15, 0.2) is 23.0 Å². The number of methoxy groups -OCH3 is 1. The Morgan fingerprint density at radius 3 is 2.50 bits per heavy atom. The highest BCUT2D eigenvalue weighted by molar-refractivity contribution is 6.23. The topological polar surface area (TPSA) is 95.9 Å². The molecule has 8 rings (SSSR count). The third-order valence-electron chi connectivity index (χ3n) is 9.00. The Kier molecular flexibility index (Phi) is 5.11. The van der Waals surface area contributed by atoms with E-state index in [4.69, 9.17) is 23.8 Å². The summed E-state index contributed by atoms with van der Waals surface area (Å²) in [5.41, 5.74) is 3.24. The third kappa shape index (κ3) is 3.30. The van der Waals surface area contributed by atoms with Crippen LogP contribution >= 0.6 is 0 Å². The molecule has 0 aromatic heterocycles. The number of nitrogens with zero attached hydrogens (tertiary/aromatic N) is 2. The van der Waals surface area contributed by atoms with Gasteiger partial charge >= 0.3 is 0 Å². The Bertz CT molecular complexity index is 1570. The van der Waals surface area contributed by atoms with Crippen LogP contribution in [0.4, 0.5) is 5.69 Å². The maximum absolute atomic E-state index is 13.8. The van der Waals surface area contributed by atoms with Gasteiger partial charge in [0, 0.05) is 23.5 Å². The average Bonchev–Trinajstić information content (AvgIpc) is 3.79. The Morgan fingerprint density at radius 1 is 0.875 bits per heavy atom. The van der Waals surface area contributed by atoms with Crippen molar-refractivity contribution < 1.29 is 33.4 Å². The van der Waals surface area contributed by atoms with Crippen LogP contribution in [0.15, 0.2) is 71.9 Å². The smallest absolute Gasteiger partial charge is 0.238 e. The van der Waals surface area contributed by atoms with Crippen molar-refractivity contribution in [3.05, 3.63) is 77.9 Å². The van der Waals surface area contributed by atoms with Crippen LogP contribution in [-0.4, -0.2) is 37.5 Å². The summed E-state index contributed by atoms with van der Waals surface area (Å²) in [6, 6.07) is 20.9. The summed E-state index contributed by atoms with van der Waals surface area (Å²) in [5.74, 6) is 1.10. The molecule has 2 aliphatic carbocycles. The number of carbonyl (C=O) groups excluding carboxylic acids is 2. The zero-order valence-electron chi connectivity index (χ0n) is 21.7. The van der Waals surface area contributed by atoms with E-state index in [2.05, 4.69) is 5.16 Å². The standard InChI is InChI=1S/C31H26N2O7/c1-36-23-11-17(7-9-21(23)37-14-16-5-3-2-4-6-16)28-27-19-13-20(29(27)40-32-28)26-25(19)30(34)33(31(26)35)18-8-10-22-24(12-18)39-15-38-22/h2-12,19-20,25-27,29H,13-15H2,1H3. The molecule has 0 radical (unpaired) electrons. The summed E-state index contributed by atoms with van der Waals surface area (Å²) in [5, 5.41) is 4.48. The van der Waals surface area contributed by atoms with Crippen molar-refractivity contribution in [2.75, 3.05) is 18.8 Å². The molecule has 0 spiro atoms. The van der Waals surface area contributed by atoms with Gasteiger partial charge in [-0.05, 0) is 48.2 Å². The molecular weight excluding hydrogens is 512 g/mol. The minimum absolute atomic E-state index is 0.0308. The quantitative estimate of drug-likeness (QED) is 0.435. The van der Waals surface area contributed by atoms with Crippen LogP contribution in [-0.2, 0) is 21.0 Å². The van der Waals surface area contributed by atoms with Crippen molar-refractivity contribution in [1.82, 2.24) is 0 Å². The van der Waals surface area contributed by atoms with Gasteiger partial charge in [-0.2, -0.15) is 0 Å². The van der Waals surface area contributed by atoms with Crippen molar-refractivity contribution in [3.8, 4) is 23.0 Å². The van der Waals surface area contributed by atoms with Crippen molar-refractivity contribution in [2.24, 2.45) is 34.7 Å². The van der Waals surface area contributed by atoms with Crippen LogP contribution in [0.25, 0.3) is 0 Å². The number of amides is 2. The number of oxime groups is 1. The van der Waals surface area contributed by atoms with Gasteiger partial charge in [-0.3, -0.25) is 9.59 Å². The van der Waals surface area contributed by atoms with Crippen molar-refractivity contribution in [3.63, 3.8) is 0 Å². The molecule has 2 saturated carbocycles. The molecule has 2 bridgehead atoms. The van der Waals surface area contributed by atoms with E-state index in [-0.39, 0.29) is 42.5 Å². The van der Waals surface area contributed by atoms with Gasteiger partial charge < -0.3 is 23.8 Å². The predicted octanol–water partition coefficient (Wildman–Crippen LogP) is 4.18. The highest BCUT2D eigenvalue weighted by Crippen LogP contribution is 2.62. The molecular formula is C31H26N2O7. The number of carbonyl (C=O) groups is 2. The van der Waals surface area contributed by atoms with E-state index < -0.39 is 11.8 Å². The zero-order chi connectivity index (χ0) is 27.0. The lowest BCUT2D eigenvalue weighted by molar-refractivity contribution is -0.125. The molecule has 3 aromatic carbocycles. The van der Waals surface area contributed by atoms with E-state index in [0.717, 1.165) is 23.3 Å². The van der Waals surface area contributed by atoms with Crippen LogP contribution < -0.4 is 23.8 Å². The number of anilines is 1. The molecule has 3 aromatic rings. The summed E-state index contributed by atoms with van der Waals surface area (Å²) < 4.78 is 22.6. The predicted molar refractivity (Wildman–Crippen MR) is 142 cm³/mol. The molecule has 40 heavy (non-hydrogen) atoms. The summed E-state index contributed by atoms with van der Waals surface area (Å²) in [6.45, 7) is 0.554. The van der Waals surface area contributed by atoms with Gasteiger partial charge in [0.1, 0.15) is 12.7 Å². The number of imide groups is 1. The van der Waals surface area contributed by atoms with E-state index in [9.17, 15) is 9.59 Å². The second-order valence-electron chi connectivity index (χ2n) is 10.9. The second kappa shape index (κ2) is 8.74. The number of ether oxygens (including phenoxy) is 4. The normalized spacial score (nSPS) is 28.8. The fourth-order valence-electron chi connectivity index (χ4n) is 7.32. The minimum Gasteiger partial charge on any atom is -0.493 e. The molecule has 5 aliphatic rings. The van der Waals surface area contributed by atoms with Crippen LogP contribution in [0, 0.1) is 29.6 Å². The second-order valence-corrected chi connectivity index (χ2v) is 10.9. The minimum atomic E-state index is -0.401. The van der Waals surface area contributed by atoms with Crippen LogP contribution in [0.3, 0.4) is 0 Å². The maximum Gasteiger partial charge on any atom is 0.238 e. The molecule has 2 amide bonds. The van der Waals surface area contributed by atoms with Gasteiger partial charge in [-0.25, -0.2) is 4.90 Å². The fourth-order valence-corrected chi connectivity index (χ4v) is 7.32. The highest BCUT2D eigenvalue weighted by atomic mass is 16.7. The van der Waals surface area contributed by atoms with Crippen LogP contribution in [0.5, 0.6) is 23.0 Å². The SMILES string of the molecule is COc1cc(C2=NOC3C4CC(C23)C2C(=O)N(c3ccc5c(c3)OCO5)C(=O)C42)ccc1OCc1ccccc1. The first-order chi connectivity index (χ1) is 19.6. The van der Waals surface area contributed by atoms with E-state index in [1.54, 1.807) is 25.3 Å². The molecule has 3 aliphatic heterocycles. The Morgan fingerprint density at radius 2 is 1.68 bits per heavy atom. The first-order valence-electron chi connectivity index (χ1n) is 13.5. The number of fused-ring (bicyclic) bond motifs is 9. The molecule has 6 unspecified atom stereocenters. The lowest BCUT2D eigenvalue weighted by Crippen LogP contribution is -2.41. The average molecular weight is 539 g/mol. The lowest BCUT2D eigenvalue weighted by atomic mass is 9.71. The molecule has 3 heterocycles. The lowest BCUT2D eigenvalue weighted by Gasteiger charge is -2.29. The Hall–Kier alpha value is -4.53. The molecule has 202 valence electrons. The number of benzene rings is 3. The Balaban J connectivity index is 1.05. The summed E-state index contributed by atoms with van der Waals surface area (Å²) in [4.78, 5) is 34.7. The summed E-state index contributed by atoms with van der Waals surface area (Å²) >= 11 is 0. The van der Waals surface area contributed by atoms with Gasteiger partial charge in [0.25, 0.3) is 0 Å². The molecule has 6 atom stereocenters. The maximum atomic E-state index is 13.8. The van der Waals surface area contributed by atoms with Crippen molar-refractivity contribution in [2.45, 2.75) is 19.1 Å². The van der Waals surface area contributed by atoms with Crippen molar-refractivity contribution >= 4 is 23.2 Å². The van der Waals surface area contributed by atoms with E-state index in [0.29, 0.717) is 35.3 Å². The van der Waals surface area contributed by atoms with Gasteiger partial charge in [0.2, 0.25) is 18.6 Å². The van der Waals surface area contributed by atoms with Gasteiger partial charge in [-0.15, -0.1) is 0 Å². The summed E-state index contributed by atoms with van der Waals surface area (Å²) in [6.07, 6.45) is 0.542. The monoisotopic (exact) mass is 538 g/mol. The first-order valence-corrected chi connectivity index (χ1v) is 13.5. The highest BCUT2D eigenvalue weighted by Gasteiger charge is 2.70. The van der Waals surface area contributed by atoms with E-state index in [1.807, 2.05) is 48.5 Å². The van der Waals surface area contributed by atoms with Gasteiger partial charge in [-0.1, -0.05) is 35.5 Å². The molecule has 9 nitrogen and oxygen atoms in total. The summed E-state index contributed by atoms with van der Waals surface area (Å²) in [7, 11) is 1.61. The van der Waals surface area contributed by atoms with E-state index in [1.165, 1.54) is 4.90 Å². The van der Waals surface area contributed by atoms with E-state index >= 15 is 0 Å². The largest absolute Gasteiger partial charge is 0.493 e. The molecule has 9 heteroatoms. The van der Waals surface area contributed by atoms with Gasteiger partial charge in [0.05, 0.1) is 30.3 Å². The van der Waals surface area contributed by atoms with Crippen LogP contribution in [0.1, 0.15) is 17.5 Å². The first kappa shape index (κ1) is 23.4. The molecule has 1 saturated heterocycles. The van der Waals surface area contributed by atoms with Crippen molar-refractivity contribution in [1.29, 1.82) is 0 Å². The number of hydrogen-bond donors (Lipinski definition) is 0. The molecule has 0 N–H and O–H groups in total. The Labute approximate surface area is 230 Å². The third-order valence-corrected chi connectivity index (χ3v) is 9.00. The number of hydrogen-bond acceptors (Lipinski definition) is 8. The fraction of sp³-hybridized carbons (Fsp3) is 0.323. The van der Waals surface area contributed by atoms with Crippen LogP contribution in [0.2, 0.25) is 0 Å². The zero-order valence-corrected chi connectivity index (χ0v) is 21.7. The molecule has 3 fully saturated rings. The number of rotatable bonds is 6.